The van der Waals surface area contributed by atoms with Crippen LogP contribution >= 0.6 is 0 Å². The molecule has 4 rings (SSSR count). The van der Waals surface area contributed by atoms with Crippen molar-refractivity contribution in [1.29, 1.82) is 0 Å². The number of nitro groups is 1. The molecule has 1 saturated carbocycles. The van der Waals surface area contributed by atoms with E-state index < -0.39 is 4.92 Å². The Bertz CT molecular complexity index is 877. The van der Waals surface area contributed by atoms with Crippen LogP contribution in [0.3, 0.4) is 0 Å². The lowest BCUT2D eigenvalue weighted by molar-refractivity contribution is -0.391. The number of aromatic nitrogens is 3. The van der Waals surface area contributed by atoms with Crippen LogP contribution < -0.4 is 5.32 Å². The summed E-state index contributed by atoms with van der Waals surface area (Å²) in [5.41, 5.74) is 1.79. The monoisotopic (exact) mass is 323 g/mol. The standard InChI is InChI=1S/C17H17N5O2/c23-22(24)17-11-18-16-10-9-15(20-21(16)17)19-14-8-4-7-13(14)12-5-2-1-3-6-12/h1-3,5-6,9-11,13-14H,4,7-8H2,(H,19,20)/t13-,14+/m0/s1. The van der Waals surface area contributed by atoms with Gasteiger partial charge in [-0.25, -0.2) is 4.98 Å². The van der Waals surface area contributed by atoms with E-state index in [1.165, 1.54) is 16.3 Å². The van der Waals surface area contributed by atoms with Crippen molar-refractivity contribution in [2.75, 3.05) is 5.32 Å². The van der Waals surface area contributed by atoms with Crippen molar-refractivity contribution in [1.82, 2.24) is 14.6 Å². The van der Waals surface area contributed by atoms with Crippen molar-refractivity contribution >= 4 is 17.3 Å². The molecule has 0 unspecified atom stereocenters. The average Bonchev–Trinajstić information content (AvgIpc) is 3.22. The molecule has 24 heavy (non-hydrogen) atoms. The molecule has 0 saturated heterocycles. The summed E-state index contributed by atoms with van der Waals surface area (Å²) in [7, 11) is 0. The summed E-state index contributed by atoms with van der Waals surface area (Å²) in [5, 5.41) is 18.9. The zero-order valence-electron chi connectivity index (χ0n) is 13.0. The highest BCUT2D eigenvalue weighted by Gasteiger charge is 2.29. The molecular formula is C17H17N5O2. The Morgan fingerprint density at radius 3 is 2.79 bits per heavy atom. The van der Waals surface area contributed by atoms with E-state index in [0.29, 0.717) is 17.4 Å². The van der Waals surface area contributed by atoms with Crippen LogP contribution in [0, 0.1) is 10.1 Å². The van der Waals surface area contributed by atoms with E-state index in [1.54, 1.807) is 6.07 Å². The van der Waals surface area contributed by atoms with Crippen LogP contribution in [0.1, 0.15) is 30.7 Å². The lowest BCUT2D eigenvalue weighted by atomic mass is 9.94. The first-order valence-corrected chi connectivity index (χ1v) is 8.03. The van der Waals surface area contributed by atoms with Crippen molar-refractivity contribution in [3.8, 4) is 0 Å². The lowest BCUT2D eigenvalue weighted by Gasteiger charge is -2.21. The molecule has 0 radical (unpaired) electrons. The van der Waals surface area contributed by atoms with Crippen LogP contribution in [0.5, 0.6) is 0 Å². The number of nitrogens with one attached hydrogen (secondary N) is 1. The molecular weight excluding hydrogens is 306 g/mol. The number of anilines is 1. The van der Waals surface area contributed by atoms with Gasteiger partial charge in [-0.3, -0.25) is 0 Å². The fourth-order valence-electron chi connectivity index (χ4n) is 3.48. The minimum atomic E-state index is -0.473. The van der Waals surface area contributed by atoms with Gasteiger partial charge in [0, 0.05) is 18.0 Å². The van der Waals surface area contributed by atoms with Crippen LogP contribution in [0.4, 0.5) is 11.6 Å². The van der Waals surface area contributed by atoms with E-state index in [9.17, 15) is 10.1 Å². The van der Waals surface area contributed by atoms with E-state index in [-0.39, 0.29) is 11.9 Å². The summed E-state index contributed by atoms with van der Waals surface area (Å²) < 4.78 is 1.27. The molecule has 2 aromatic heterocycles. The van der Waals surface area contributed by atoms with Crippen LogP contribution in [0.15, 0.2) is 48.7 Å². The molecule has 1 aliphatic rings. The molecule has 1 aliphatic carbocycles. The second-order valence-electron chi connectivity index (χ2n) is 6.06. The van der Waals surface area contributed by atoms with Gasteiger partial charge >= 0.3 is 5.82 Å². The third-order valence-corrected chi connectivity index (χ3v) is 4.61. The van der Waals surface area contributed by atoms with Gasteiger partial charge in [-0.05, 0) is 29.4 Å². The average molecular weight is 323 g/mol. The van der Waals surface area contributed by atoms with Crippen molar-refractivity contribution in [2.45, 2.75) is 31.2 Å². The molecule has 1 fully saturated rings. The molecule has 0 spiro atoms. The SMILES string of the molecule is O=[N+]([O-])c1cnc2ccc(N[C@@H]3CCC[C@H]3c3ccccc3)nn12. The summed E-state index contributed by atoms with van der Waals surface area (Å²) in [6.45, 7) is 0. The van der Waals surface area contributed by atoms with E-state index in [0.717, 1.165) is 19.3 Å². The molecule has 7 nitrogen and oxygen atoms in total. The van der Waals surface area contributed by atoms with Crippen molar-refractivity contribution in [3.63, 3.8) is 0 Å². The number of benzene rings is 1. The van der Waals surface area contributed by atoms with Crippen LogP contribution in [-0.4, -0.2) is 25.6 Å². The van der Waals surface area contributed by atoms with Crippen molar-refractivity contribution in [2.24, 2.45) is 0 Å². The maximum Gasteiger partial charge on any atom is 0.368 e. The predicted molar refractivity (Wildman–Crippen MR) is 90.1 cm³/mol. The normalized spacial score (nSPS) is 20.3. The highest BCUT2D eigenvalue weighted by molar-refractivity contribution is 5.49. The fourth-order valence-corrected chi connectivity index (χ4v) is 3.48. The zero-order valence-corrected chi connectivity index (χ0v) is 13.0. The van der Waals surface area contributed by atoms with Gasteiger partial charge in [0.2, 0.25) is 5.65 Å². The van der Waals surface area contributed by atoms with Crippen LogP contribution in [0.2, 0.25) is 0 Å². The third kappa shape index (κ3) is 2.58. The van der Waals surface area contributed by atoms with Crippen LogP contribution in [0.25, 0.3) is 5.65 Å². The smallest absolute Gasteiger partial charge is 0.364 e. The number of hydrogen-bond acceptors (Lipinski definition) is 5. The Morgan fingerprint density at radius 1 is 1.17 bits per heavy atom. The first-order valence-electron chi connectivity index (χ1n) is 8.03. The number of rotatable bonds is 4. The molecule has 3 aromatic rings. The molecule has 122 valence electrons. The minimum absolute atomic E-state index is 0.125. The Hall–Kier alpha value is -2.96. The summed E-state index contributed by atoms with van der Waals surface area (Å²) in [6, 6.07) is 14.3. The van der Waals surface area contributed by atoms with Gasteiger partial charge in [-0.2, -0.15) is 0 Å². The molecule has 0 amide bonds. The first-order chi connectivity index (χ1) is 11.7. The summed E-state index contributed by atoms with van der Waals surface area (Å²) >= 11 is 0. The highest BCUT2D eigenvalue weighted by atomic mass is 16.6. The maximum absolute atomic E-state index is 11.1. The largest absolute Gasteiger partial charge is 0.368 e. The summed E-state index contributed by atoms with van der Waals surface area (Å²) in [6.07, 6.45) is 4.58. The Morgan fingerprint density at radius 2 is 2.00 bits per heavy atom. The number of imidazole rings is 1. The molecule has 0 aliphatic heterocycles. The van der Waals surface area contributed by atoms with Gasteiger partial charge in [-0.1, -0.05) is 46.4 Å². The van der Waals surface area contributed by atoms with E-state index in [1.807, 2.05) is 12.1 Å². The highest BCUT2D eigenvalue weighted by Crippen LogP contribution is 2.36. The van der Waals surface area contributed by atoms with Crippen molar-refractivity contribution in [3.05, 3.63) is 64.3 Å². The minimum Gasteiger partial charge on any atom is -0.364 e. The van der Waals surface area contributed by atoms with Gasteiger partial charge in [0.1, 0.15) is 6.20 Å². The van der Waals surface area contributed by atoms with Crippen LogP contribution in [-0.2, 0) is 0 Å². The Balaban J connectivity index is 1.61. The zero-order chi connectivity index (χ0) is 16.5. The predicted octanol–water partition coefficient (Wildman–Crippen LogP) is 3.39. The van der Waals surface area contributed by atoms with Gasteiger partial charge < -0.3 is 15.4 Å². The number of fused-ring (bicyclic) bond motifs is 1. The summed E-state index contributed by atoms with van der Waals surface area (Å²) in [4.78, 5) is 14.6. The quantitative estimate of drug-likeness (QED) is 0.587. The topological polar surface area (TPSA) is 85.4 Å². The second kappa shape index (κ2) is 5.92. The Kier molecular flexibility index (Phi) is 3.60. The summed E-state index contributed by atoms with van der Waals surface area (Å²) in [5.74, 6) is 0.942. The fraction of sp³-hybridized carbons (Fsp3) is 0.294. The lowest BCUT2D eigenvalue weighted by Crippen LogP contribution is -2.23. The second-order valence-corrected chi connectivity index (χ2v) is 6.06. The van der Waals surface area contributed by atoms with Gasteiger partial charge in [-0.15, -0.1) is 0 Å². The molecule has 7 heteroatoms. The maximum atomic E-state index is 11.1. The third-order valence-electron chi connectivity index (χ3n) is 4.61. The number of hydrogen-bond donors (Lipinski definition) is 1. The molecule has 1 aromatic carbocycles. The van der Waals surface area contributed by atoms with E-state index >= 15 is 0 Å². The number of nitrogens with zero attached hydrogens (tertiary/aromatic N) is 4. The van der Waals surface area contributed by atoms with E-state index in [2.05, 4.69) is 39.7 Å². The molecule has 2 heterocycles. The molecule has 0 bridgehead atoms. The van der Waals surface area contributed by atoms with Gasteiger partial charge in [0.25, 0.3) is 0 Å². The van der Waals surface area contributed by atoms with Crippen molar-refractivity contribution < 1.29 is 4.92 Å². The van der Waals surface area contributed by atoms with E-state index in [4.69, 9.17) is 0 Å². The Labute approximate surface area is 138 Å². The van der Waals surface area contributed by atoms with Gasteiger partial charge in [0.05, 0.1) is 0 Å². The molecule has 1 N–H and O–H groups in total. The molecule has 2 atom stereocenters. The van der Waals surface area contributed by atoms with Gasteiger partial charge in [0.15, 0.2) is 5.82 Å². The first kappa shape index (κ1) is 14.6.